The molecular weight excluding hydrogens is 849 g/mol. The molecule has 1 saturated heterocycles. The number of H-pyrrole nitrogens is 1. The molecule has 2 aromatic rings. The normalized spacial score (nSPS) is 29.2. The highest BCUT2D eigenvalue weighted by atomic mass is 32.2. The molecule has 1 unspecified atom stereocenters. The zero-order valence-electron chi connectivity index (χ0n) is 35.2. The van der Waals surface area contributed by atoms with Crippen LogP contribution in [0.5, 0.6) is 0 Å². The van der Waals surface area contributed by atoms with E-state index in [4.69, 9.17) is 5.73 Å². The molecule has 5 rings (SSSR count). The minimum atomic E-state index is -4.81. The summed E-state index contributed by atoms with van der Waals surface area (Å²) in [4.78, 5) is 113. The van der Waals surface area contributed by atoms with Gasteiger partial charge in [0.25, 0.3) is 0 Å². The van der Waals surface area contributed by atoms with E-state index in [1.54, 1.807) is 27.7 Å². The summed E-state index contributed by atoms with van der Waals surface area (Å²) >= 11 is 0. The second-order valence-corrected chi connectivity index (χ2v) is 18.3. The number of benzene rings is 1. The molecule has 1 aromatic carbocycles. The van der Waals surface area contributed by atoms with Crippen LogP contribution in [0.4, 0.5) is 5.69 Å². The zero-order valence-corrected chi connectivity index (χ0v) is 36.0. The third-order valence-electron chi connectivity index (χ3n) is 11.8. The Morgan fingerprint density at radius 1 is 0.857 bits per heavy atom. The number of amides is 7. The predicted molar refractivity (Wildman–Crippen MR) is 222 cm³/mol. The average molecular weight is 905 g/mol. The number of nitrogens with two attached hydrogens (primary N) is 1. The van der Waals surface area contributed by atoms with E-state index in [1.807, 2.05) is 0 Å². The van der Waals surface area contributed by atoms with E-state index < -0.39 is 161 Å². The highest BCUT2D eigenvalue weighted by molar-refractivity contribution is 7.91. The number of hydrogen-bond acceptors (Lipinski definition) is 14. The van der Waals surface area contributed by atoms with Crippen LogP contribution in [0.25, 0.3) is 10.9 Å². The van der Waals surface area contributed by atoms with Crippen molar-refractivity contribution in [2.75, 3.05) is 31.1 Å². The van der Waals surface area contributed by atoms with Crippen molar-refractivity contribution in [1.82, 2.24) is 47.1 Å². The van der Waals surface area contributed by atoms with Crippen LogP contribution in [0.2, 0.25) is 0 Å². The molecule has 1 aromatic heterocycles. The summed E-state index contributed by atoms with van der Waals surface area (Å²) in [5, 5.41) is 49.4. The van der Waals surface area contributed by atoms with Crippen LogP contribution in [0.15, 0.2) is 23.2 Å². The largest absolute Gasteiger partial charge is 0.481 e. The second kappa shape index (κ2) is 20.1. The van der Waals surface area contributed by atoms with Gasteiger partial charge in [0.15, 0.2) is 9.84 Å². The molecule has 1 fully saturated rings. The Kier molecular flexibility index (Phi) is 15.4. The number of sulfone groups is 1. The molecule has 23 nitrogen and oxygen atoms in total. The molecule has 13 N–H and O–H groups in total. The fraction of sp³-hybridized carbons (Fsp3) is 0.590. The number of aliphatic carboxylic acids is 1. The van der Waals surface area contributed by atoms with Crippen LogP contribution < -0.4 is 43.0 Å². The molecule has 63 heavy (non-hydrogen) atoms. The fourth-order valence-electron chi connectivity index (χ4n) is 7.88. The summed E-state index contributed by atoms with van der Waals surface area (Å²) in [5.74, 6) is -10.9. The third kappa shape index (κ3) is 11.4. The standard InChI is InChI=1S/C39H56N10O13S/c1-5-17(3)31-36(58)42-13-28(51)43-26-16-63(61,62)38-22(21-9-19(40)7-8-23(21)46-38)11-24(33(55)41-14-29(52)47-31)44-37(59)32(18(4)6-2)48-35(57)27-10-20(50)15-49(27)39(60)25(12-30(53)54)45-34(26)56/h7-9,17-18,20,24-27,31-32,37,44,46,50,59H,5-6,10-16,40H2,1-4H3,(H,41,55)(H,42,58)(H,43,51)(H,45,56)(H,47,52)(H,48,57)(H,53,54)/t17-,18-,20+,24-,25+,26-,27-,31-,32-,37?/m0/s1. The van der Waals surface area contributed by atoms with E-state index in [0.717, 1.165) is 4.90 Å². The number of aromatic amines is 1. The number of carboxylic acids is 1. The number of carboxylic acid groups (broad SMARTS) is 1. The van der Waals surface area contributed by atoms with Crippen molar-refractivity contribution in [1.29, 1.82) is 0 Å². The number of carbonyl (C=O) groups excluding carboxylic acids is 7. The van der Waals surface area contributed by atoms with Gasteiger partial charge in [0.1, 0.15) is 35.4 Å². The number of nitrogen functional groups attached to an aromatic ring is 1. The quantitative estimate of drug-likeness (QED) is 0.123. The first kappa shape index (κ1) is 48.2. The van der Waals surface area contributed by atoms with Crippen molar-refractivity contribution in [3.8, 4) is 0 Å². The van der Waals surface area contributed by atoms with E-state index in [0.29, 0.717) is 12.8 Å². The number of aliphatic hydroxyl groups excluding tert-OH is 2. The monoisotopic (exact) mass is 904 g/mol. The lowest BCUT2D eigenvalue weighted by Gasteiger charge is -2.34. The van der Waals surface area contributed by atoms with Crippen molar-refractivity contribution in [2.24, 2.45) is 11.8 Å². The molecule has 346 valence electrons. The smallest absolute Gasteiger partial charge is 0.305 e. The van der Waals surface area contributed by atoms with Gasteiger partial charge in [0.05, 0.1) is 43.5 Å². The maximum Gasteiger partial charge on any atom is 0.305 e. The average Bonchev–Trinajstić information content (AvgIpc) is 3.80. The zero-order chi connectivity index (χ0) is 46.5. The van der Waals surface area contributed by atoms with E-state index in [-0.39, 0.29) is 28.6 Å². The van der Waals surface area contributed by atoms with Gasteiger partial charge < -0.3 is 62.8 Å². The number of fused-ring (bicyclic) bond motifs is 5. The van der Waals surface area contributed by atoms with Gasteiger partial charge in [-0.05, 0) is 35.6 Å². The highest BCUT2D eigenvalue weighted by Gasteiger charge is 2.45. The molecule has 0 saturated carbocycles. The number of rotatable bonds is 6. The van der Waals surface area contributed by atoms with Crippen LogP contribution in [-0.2, 0) is 54.6 Å². The Bertz CT molecular complexity index is 2240. The topological polar surface area (TPSA) is 361 Å². The maximum absolute atomic E-state index is 14.7. The summed E-state index contributed by atoms with van der Waals surface area (Å²) in [6, 6.07) is -5.21. The molecule has 0 radical (unpaired) electrons. The van der Waals surface area contributed by atoms with Gasteiger partial charge in [-0.15, -0.1) is 0 Å². The summed E-state index contributed by atoms with van der Waals surface area (Å²) < 4.78 is 29.3. The van der Waals surface area contributed by atoms with Crippen molar-refractivity contribution >= 4 is 73.7 Å². The van der Waals surface area contributed by atoms with E-state index >= 15 is 0 Å². The molecule has 24 heteroatoms. The van der Waals surface area contributed by atoms with Gasteiger partial charge in [-0.2, -0.15) is 0 Å². The Morgan fingerprint density at radius 3 is 2.16 bits per heavy atom. The number of hydrogen-bond donors (Lipinski definition) is 12. The van der Waals surface area contributed by atoms with Crippen LogP contribution in [0.3, 0.4) is 0 Å². The first-order valence-electron chi connectivity index (χ1n) is 20.7. The van der Waals surface area contributed by atoms with Gasteiger partial charge in [-0.1, -0.05) is 40.5 Å². The van der Waals surface area contributed by atoms with E-state index in [1.165, 1.54) is 18.2 Å². The summed E-state index contributed by atoms with van der Waals surface area (Å²) in [6.07, 6.45) is -4.30. The molecule has 7 amide bonds. The third-order valence-corrected chi connectivity index (χ3v) is 13.5. The Labute approximate surface area is 362 Å². The van der Waals surface area contributed by atoms with Gasteiger partial charge in [-0.3, -0.25) is 43.7 Å². The number of nitrogens with one attached hydrogen (secondary N) is 8. The molecule has 0 aliphatic carbocycles. The molecular formula is C39H56N10O13S. The van der Waals surface area contributed by atoms with Crippen molar-refractivity contribution in [2.45, 2.75) is 113 Å². The summed E-state index contributed by atoms with van der Waals surface area (Å²) in [7, 11) is -4.81. The lowest BCUT2D eigenvalue weighted by molar-refractivity contribution is -0.146. The lowest BCUT2D eigenvalue weighted by atomic mass is 9.95. The number of aromatic nitrogens is 1. The predicted octanol–water partition coefficient (Wildman–Crippen LogP) is -3.93. The minimum absolute atomic E-state index is 0.0722. The van der Waals surface area contributed by atoms with Crippen LogP contribution in [-0.4, -0.2) is 155 Å². The molecule has 0 spiro atoms. The van der Waals surface area contributed by atoms with Crippen LogP contribution in [0.1, 0.15) is 58.9 Å². The minimum Gasteiger partial charge on any atom is -0.481 e. The van der Waals surface area contributed by atoms with Gasteiger partial charge in [0.2, 0.25) is 41.4 Å². The first-order chi connectivity index (χ1) is 29.6. The number of nitrogens with zero attached hydrogens (tertiary/aromatic N) is 1. The Morgan fingerprint density at radius 2 is 1.51 bits per heavy atom. The second-order valence-electron chi connectivity index (χ2n) is 16.3. The van der Waals surface area contributed by atoms with Crippen LogP contribution in [0, 0.1) is 11.8 Å². The lowest BCUT2D eigenvalue weighted by Crippen LogP contribution is -2.62. The van der Waals surface area contributed by atoms with Gasteiger partial charge >= 0.3 is 5.97 Å². The number of carbonyl (C=O) groups is 8. The van der Waals surface area contributed by atoms with Crippen molar-refractivity contribution in [3.63, 3.8) is 0 Å². The van der Waals surface area contributed by atoms with Gasteiger partial charge in [0, 0.05) is 36.0 Å². The summed E-state index contributed by atoms with van der Waals surface area (Å²) in [6.45, 7) is 4.80. The van der Waals surface area contributed by atoms with Crippen molar-refractivity contribution < 1.29 is 62.1 Å². The fourth-order valence-corrected chi connectivity index (χ4v) is 9.55. The molecule has 3 aliphatic heterocycles. The Hall–Kier alpha value is -5.85. The van der Waals surface area contributed by atoms with Crippen molar-refractivity contribution in [3.05, 3.63) is 23.8 Å². The number of aliphatic hydroxyl groups is 2. The molecule has 3 aliphatic rings. The molecule has 10 atom stereocenters. The first-order valence-corrected chi connectivity index (χ1v) is 22.3. The molecule has 2 bridgehead atoms. The Balaban J connectivity index is 1.75. The SMILES string of the molecule is CC[C@H](C)[C@@H]1NC(=O)CNC(=O)[C@@H]2Cc3c([nH]c4ccc(N)cc34)S(=O)(=O)C[C@H](NC(=O)CNC1=O)C(=O)N[C@H](CC(=O)O)C(=O)N1C[C@H](O)C[C@H]1C(=O)N[C@@H]([C@@H](C)CC)C(O)N2. The van der Waals surface area contributed by atoms with Gasteiger partial charge in [-0.25, -0.2) is 8.42 Å². The maximum atomic E-state index is 14.7. The molecule has 4 heterocycles. The summed E-state index contributed by atoms with van der Waals surface area (Å²) in [5.41, 5.74) is 6.45. The van der Waals surface area contributed by atoms with E-state index in [9.17, 15) is 62.1 Å². The highest BCUT2D eigenvalue weighted by Crippen LogP contribution is 2.31. The van der Waals surface area contributed by atoms with E-state index in [2.05, 4.69) is 42.2 Å². The van der Waals surface area contributed by atoms with Crippen LogP contribution >= 0.6 is 0 Å². The number of anilines is 1.